The Morgan fingerprint density at radius 2 is 1.74 bits per heavy atom. The highest BCUT2D eigenvalue weighted by Crippen LogP contribution is 2.22. The Morgan fingerprint density at radius 1 is 1.11 bits per heavy atom. The van der Waals surface area contributed by atoms with Crippen molar-refractivity contribution in [3.63, 3.8) is 0 Å². The number of benzene rings is 1. The molecule has 0 spiro atoms. The summed E-state index contributed by atoms with van der Waals surface area (Å²) >= 11 is 0. The van der Waals surface area contributed by atoms with Gasteiger partial charge in [-0.15, -0.1) is 0 Å². The van der Waals surface area contributed by atoms with Crippen molar-refractivity contribution in [2.75, 3.05) is 11.9 Å². The summed E-state index contributed by atoms with van der Waals surface area (Å²) in [5.74, 6) is 0. The fraction of sp³-hybridized carbons (Fsp3) is 0.421. The van der Waals surface area contributed by atoms with E-state index in [1.165, 1.54) is 0 Å². The smallest absolute Gasteiger partial charge is 0.328 e. The zero-order chi connectivity index (χ0) is 19.9. The van der Waals surface area contributed by atoms with Gasteiger partial charge in [0, 0.05) is 32.0 Å². The van der Waals surface area contributed by atoms with Gasteiger partial charge in [0.15, 0.2) is 0 Å². The largest absolute Gasteiger partial charge is 0.336 e. The number of rotatable bonds is 4. The summed E-state index contributed by atoms with van der Waals surface area (Å²) < 4.78 is 5.08. The van der Waals surface area contributed by atoms with Gasteiger partial charge in [-0.05, 0) is 51.5 Å². The van der Waals surface area contributed by atoms with Crippen LogP contribution in [0.25, 0.3) is 11.0 Å². The van der Waals surface area contributed by atoms with E-state index in [1.54, 1.807) is 23.2 Å². The number of nitrogens with zero attached hydrogens (tertiary/aromatic N) is 4. The molecule has 8 heteroatoms. The molecule has 8 nitrogen and oxygen atoms in total. The third-order valence-electron chi connectivity index (χ3n) is 4.89. The van der Waals surface area contributed by atoms with Gasteiger partial charge in [-0.25, -0.2) is 9.59 Å². The van der Waals surface area contributed by atoms with Gasteiger partial charge >= 0.3 is 11.7 Å². The second-order valence-electron chi connectivity index (χ2n) is 7.11. The maximum Gasteiger partial charge on any atom is 0.328 e. The topological polar surface area (TPSA) is 85.9 Å². The zero-order valence-corrected chi connectivity index (χ0v) is 16.6. The molecule has 2 amide bonds. The molecular formula is C19H26N6O2. The molecule has 0 radical (unpaired) electrons. The van der Waals surface area contributed by atoms with Crippen molar-refractivity contribution in [2.24, 2.45) is 14.1 Å². The summed E-state index contributed by atoms with van der Waals surface area (Å²) in [7, 11) is 3.46. The van der Waals surface area contributed by atoms with Crippen LogP contribution in [0.5, 0.6) is 0 Å². The molecule has 0 aliphatic carbocycles. The first-order chi connectivity index (χ1) is 12.7. The predicted octanol–water partition coefficient (Wildman–Crippen LogP) is 2.38. The van der Waals surface area contributed by atoms with Crippen molar-refractivity contribution in [2.45, 2.75) is 33.7 Å². The van der Waals surface area contributed by atoms with Gasteiger partial charge in [-0.3, -0.25) is 13.8 Å². The molecule has 0 saturated carbocycles. The molecular weight excluding hydrogens is 344 g/mol. The van der Waals surface area contributed by atoms with Gasteiger partial charge in [0.1, 0.15) is 0 Å². The number of amides is 2. The third kappa shape index (κ3) is 3.47. The molecule has 1 atom stereocenters. The highest BCUT2D eigenvalue weighted by atomic mass is 16.2. The Bertz CT molecular complexity index is 1070. The quantitative estimate of drug-likeness (QED) is 0.739. The maximum atomic E-state index is 12.4. The summed E-state index contributed by atoms with van der Waals surface area (Å²) in [6.45, 7) is 8.33. The molecule has 0 saturated heterocycles. The summed E-state index contributed by atoms with van der Waals surface area (Å²) in [5, 5.41) is 10.2. The first-order valence-corrected chi connectivity index (χ1v) is 8.92. The highest BCUT2D eigenvalue weighted by molar-refractivity contribution is 5.93. The van der Waals surface area contributed by atoms with Crippen LogP contribution in [0.1, 0.15) is 29.9 Å². The van der Waals surface area contributed by atoms with Crippen LogP contribution in [0, 0.1) is 20.8 Å². The fourth-order valence-electron chi connectivity index (χ4n) is 3.37. The number of carbonyl (C=O) groups excluding carboxylic acids is 1. The third-order valence-corrected chi connectivity index (χ3v) is 4.89. The molecule has 2 heterocycles. The van der Waals surface area contributed by atoms with Gasteiger partial charge in [0.05, 0.1) is 22.8 Å². The molecule has 0 aliphatic rings. The number of urea groups is 1. The standard InChI is InChI=1S/C19H26N6O2/c1-11-7-16-17(24(6)19(27)23(16)5)9-15(11)21-18(26)20-10-14(4)25-13(3)8-12(2)22-25/h7-9,14H,10H2,1-6H3,(H2,20,21,26). The van der Waals surface area contributed by atoms with Crippen LogP contribution in [0.2, 0.25) is 0 Å². The minimum Gasteiger partial charge on any atom is -0.336 e. The number of imidazole rings is 1. The Kier molecular flexibility index (Phi) is 4.82. The van der Waals surface area contributed by atoms with Crippen LogP contribution in [0.4, 0.5) is 10.5 Å². The average molecular weight is 370 g/mol. The van der Waals surface area contributed by atoms with Gasteiger partial charge in [0.2, 0.25) is 0 Å². The van der Waals surface area contributed by atoms with E-state index in [-0.39, 0.29) is 17.8 Å². The minimum atomic E-state index is -0.285. The van der Waals surface area contributed by atoms with Crippen LogP contribution in [0.15, 0.2) is 23.0 Å². The van der Waals surface area contributed by atoms with Crippen molar-refractivity contribution in [1.29, 1.82) is 0 Å². The summed E-state index contributed by atoms with van der Waals surface area (Å²) in [5.41, 5.74) is 5.12. The Balaban J connectivity index is 1.72. The lowest BCUT2D eigenvalue weighted by Gasteiger charge is -2.16. The number of nitrogens with one attached hydrogen (secondary N) is 2. The van der Waals surface area contributed by atoms with Gasteiger partial charge in [-0.1, -0.05) is 0 Å². The number of hydrogen-bond donors (Lipinski definition) is 2. The molecule has 0 bridgehead atoms. The molecule has 3 rings (SSSR count). The van der Waals surface area contributed by atoms with Crippen LogP contribution in [0.3, 0.4) is 0 Å². The monoisotopic (exact) mass is 370 g/mol. The van der Waals surface area contributed by atoms with Gasteiger partial charge < -0.3 is 10.6 Å². The Morgan fingerprint density at radius 3 is 2.33 bits per heavy atom. The first kappa shape index (κ1) is 18.8. The Labute approximate surface area is 157 Å². The van der Waals surface area contributed by atoms with Crippen LogP contribution in [-0.4, -0.2) is 31.5 Å². The van der Waals surface area contributed by atoms with E-state index >= 15 is 0 Å². The lowest BCUT2D eigenvalue weighted by Crippen LogP contribution is -2.33. The van der Waals surface area contributed by atoms with Gasteiger partial charge in [-0.2, -0.15) is 5.10 Å². The number of carbonyl (C=O) groups is 1. The molecule has 0 aliphatic heterocycles. The number of aromatic nitrogens is 4. The maximum absolute atomic E-state index is 12.4. The van der Waals surface area contributed by atoms with E-state index in [1.807, 2.05) is 50.6 Å². The number of aryl methyl sites for hydroxylation is 5. The fourth-order valence-corrected chi connectivity index (χ4v) is 3.37. The van der Waals surface area contributed by atoms with E-state index < -0.39 is 0 Å². The number of fused-ring (bicyclic) bond motifs is 1. The number of hydrogen-bond acceptors (Lipinski definition) is 3. The SMILES string of the molecule is Cc1cc(C)n(C(C)CNC(=O)Nc2cc3c(cc2C)n(C)c(=O)n3C)n1. The number of anilines is 1. The van der Waals surface area contributed by atoms with E-state index in [0.717, 1.165) is 28.0 Å². The summed E-state index contributed by atoms with van der Waals surface area (Å²) in [4.78, 5) is 24.5. The van der Waals surface area contributed by atoms with Crippen molar-refractivity contribution >= 4 is 22.8 Å². The van der Waals surface area contributed by atoms with E-state index in [2.05, 4.69) is 15.7 Å². The zero-order valence-electron chi connectivity index (χ0n) is 16.6. The normalized spacial score (nSPS) is 12.4. The lowest BCUT2D eigenvalue weighted by atomic mass is 10.1. The molecule has 27 heavy (non-hydrogen) atoms. The molecule has 2 aromatic heterocycles. The van der Waals surface area contributed by atoms with E-state index in [9.17, 15) is 9.59 Å². The van der Waals surface area contributed by atoms with Crippen LogP contribution in [-0.2, 0) is 14.1 Å². The average Bonchev–Trinajstić information content (AvgIpc) is 3.05. The van der Waals surface area contributed by atoms with E-state index in [0.29, 0.717) is 12.2 Å². The highest BCUT2D eigenvalue weighted by Gasteiger charge is 2.14. The minimum absolute atomic E-state index is 0.0444. The van der Waals surface area contributed by atoms with Crippen molar-refractivity contribution in [1.82, 2.24) is 24.2 Å². The van der Waals surface area contributed by atoms with E-state index in [4.69, 9.17) is 0 Å². The van der Waals surface area contributed by atoms with Crippen LogP contribution < -0.4 is 16.3 Å². The van der Waals surface area contributed by atoms with Crippen molar-refractivity contribution in [3.05, 3.63) is 45.6 Å². The molecule has 1 unspecified atom stereocenters. The predicted molar refractivity (Wildman–Crippen MR) is 106 cm³/mol. The molecule has 1 aromatic carbocycles. The van der Waals surface area contributed by atoms with Gasteiger partial charge in [0.25, 0.3) is 0 Å². The summed E-state index contributed by atoms with van der Waals surface area (Å²) in [6, 6.07) is 5.51. The molecule has 0 fully saturated rings. The Hall–Kier alpha value is -3.03. The van der Waals surface area contributed by atoms with Crippen LogP contribution >= 0.6 is 0 Å². The molecule has 144 valence electrons. The second kappa shape index (κ2) is 6.94. The molecule has 3 aromatic rings. The summed E-state index contributed by atoms with van der Waals surface area (Å²) in [6.07, 6.45) is 0. The molecule has 2 N–H and O–H groups in total. The van der Waals surface area contributed by atoms with Crippen molar-refractivity contribution < 1.29 is 4.79 Å². The van der Waals surface area contributed by atoms with Crippen molar-refractivity contribution in [3.8, 4) is 0 Å². The first-order valence-electron chi connectivity index (χ1n) is 8.92. The lowest BCUT2D eigenvalue weighted by molar-refractivity contribution is 0.250. The second-order valence-corrected chi connectivity index (χ2v) is 7.11.